The number of carbonyl (C=O) groups excluding carboxylic acids is 10. The molecule has 3 aromatic rings. The highest BCUT2D eigenvalue weighted by Crippen LogP contribution is 2.33. The third-order valence-electron chi connectivity index (χ3n) is 19.1. The van der Waals surface area contributed by atoms with Gasteiger partial charge in [-0.1, -0.05) is 134 Å². The van der Waals surface area contributed by atoms with Crippen LogP contribution in [0.2, 0.25) is 0 Å². The van der Waals surface area contributed by atoms with Gasteiger partial charge in [-0.3, -0.25) is 57.7 Å². The summed E-state index contributed by atoms with van der Waals surface area (Å²) < 4.78 is 6.12. The quantitative estimate of drug-likeness (QED) is 0.0269. The van der Waals surface area contributed by atoms with E-state index in [0.717, 1.165) is 11.1 Å². The minimum atomic E-state index is -0.974. The van der Waals surface area contributed by atoms with Crippen LogP contribution in [-0.4, -0.2) is 174 Å². The lowest BCUT2D eigenvalue weighted by molar-refractivity contribution is -0.148. The number of aliphatic hydroxyl groups is 1. The summed E-state index contributed by atoms with van der Waals surface area (Å²) in [6, 6.07) is 22.1. The van der Waals surface area contributed by atoms with Crippen LogP contribution in [0.3, 0.4) is 0 Å². The van der Waals surface area contributed by atoms with Gasteiger partial charge in [0.25, 0.3) is 11.8 Å². The summed E-state index contributed by atoms with van der Waals surface area (Å²) in [7, 11) is 7.03. The summed E-state index contributed by atoms with van der Waals surface area (Å²) in [6.45, 7) is 14.3. The number of hydrogen-bond acceptors (Lipinski definition) is 14. The second-order valence-corrected chi connectivity index (χ2v) is 26.9. The number of anilines is 1. The number of aliphatic hydroxyl groups excluding tert-OH is 1. The lowest BCUT2D eigenvalue weighted by atomic mass is 9.83. The molecule has 516 valence electrons. The molecule has 0 aromatic heterocycles. The van der Waals surface area contributed by atoms with Crippen LogP contribution < -0.4 is 21.7 Å². The van der Waals surface area contributed by atoms with Gasteiger partial charge >= 0.3 is 0 Å². The number of likely N-dealkylation sites (N-methyl/N-ethyl adjacent to an activating group) is 2. The summed E-state index contributed by atoms with van der Waals surface area (Å²) in [6.07, 6.45) is 7.34. The number of unbranched alkanes of at least 4 members (excludes halogenated alkanes) is 3. The first-order valence-corrected chi connectivity index (χ1v) is 34.1. The molecule has 2 aliphatic rings. The molecule has 0 spiro atoms. The Morgan fingerprint density at radius 1 is 0.691 bits per heavy atom. The number of imide groups is 1. The van der Waals surface area contributed by atoms with Crippen LogP contribution in [0.15, 0.2) is 97.1 Å². The molecule has 0 aliphatic carbocycles. The highest BCUT2D eigenvalue weighted by atomic mass is 16.5. The third kappa shape index (κ3) is 23.0. The van der Waals surface area contributed by atoms with Crippen molar-refractivity contribution in [1.29, 1.82) is 0 Å². The lowest BCUT2D eigenvalue weighted by Crippen LogP contribution is -2.54. The van der Waals surface area contributed by atoms with Gasteiger partial charge in [0.15, 0.2) is 11.6 Å². The van der Waals surface area contributed by atoms with E-state index in [1.54, 1.807) is 48.0 Å². The van der Waals surface area contributed by atoms with Crippen molar-refractivity contribution in [1.82, 2.24) is 30.2 Å². The average molecular weight is 1300 g/mol. The zero-order valence-corrected chi connectivity index (χ0v) is 57.7. The van der Waals surface area contributed by atoms with E-state index >= 15 is 0 Å². The molecule has 1 saturated heterocycles. The minimum absolute atomic E-state index is 0.00555. The molecule has 20 nitrogen and oxygen atoms in total. The molecule has 0 bridgehead atoms. The summed E-state index contributed by atoms with van der Waals surface area (Å²) in [4.78, 5) is 144. The largest absolute Gasteiger partial charge is 0.396 e. The van der Waals surface area contributed by atoms with Crippen molar-refractivity contribution in [2.24, 2.45) is 47.2 Å². The van der Waals surface area contributed by atoms with E-state index in [0.29, 0.717) is 75.7 Å². The maximum atomic E-state index is 14.7. The van der Waals surface area contributed by atoms with Crippen LogP contribution in [0, 0.1) is 41.4 Å². The van der Waals surface area contributed by atoms with Gasteiger partial charge in [0.05, 0.1) is 30.7 Å². The predicted octanol–water partition coefficient (Wildman–Crippen LogP) is 7.71. The van der Waals surface area contributed by atoms with Crippen molar-refractivity contribution in [3.63, 3.8) is 0 Å². The third-order valence-corrected chi connectivity index (χ3v) is 19.1. The fourth-order valence-electron chi connectivity index (χ4n) is 13.5. The maximum Gasteiger partial charge on any atom is 0.253 e. The maximum absolute atomic E-state index is 14.7. The molecule has 2 heterocycles. The van der Waals surface area contributed by atoms with Crippen LogP contribution in [0.1, 0.15) is 149 Å². The monoisotopic (exact) mass is 1300 g/mol. The van der Waals surface area contributed by atoms with Gasteiger partial charge in [0.1, 0.15) is 11.8 Å². The molecule has 2 aliphatic heterocycles. The molecular formula is C74H108N8O12. The average Bonchev–Trinajstić information content (AvgIpc) is 1.41. The number of ether oxygens (including phenoxy) is 1. The number of amides is 7. The van der Waals surface area contributed by atoms with Gasteiger partial charge < -0.3 is 41.3 Å². The number of rotatable bonds is 42. The van der Waals surface area contributed by atoms with Crippen LogP contribution in [0.5, 0.6) is 0 Å². The molecule has 0 saturated carbocycles. The molecule has 20 heteroatoms. The number of nitrogens with one attached hydrogen (secondary N) is 3. The smallest absolute Gasteiger partial charge is 0.253 e. The molecule has 5 rings (SSSR count). The molecule has 0 radical (unpaired) electrons. The molecule has 6 N–H and O–H groups in total. The zero-order valence-electron chi connectivity index (χ0n) is 57.7. The van der Waals surface area contributed by atoms with Gasteiger partial charge in [0, 0.05) is 107 Å². The number of hydrogen-bond donors (Lipinski definition) is 5. The van der Waals surface area contributed by atoms with Crippen molar-refractivity contribution in [2.45, 2.75) is 188 Å². The van der Waals surface area contributed by atoms with Crippen molar-refractivity contribution in [2.75, 3.05) is 59.8 Å². The first-order valence-electron chi connectivity index (χ1n) is 34.1. The standard InChI is InChI=1S/C74H108N8O12/c1-12-50(6)70(80(10)74(93)58(48(2)3)45-64(86)69(49(4)5)79(8)9)65(94-11)46-68(89)81-40-24-31-62(81)59(47-83)51(7)71(90)78-61(42-53-27-18-14-19-28-53)63(85)43-54-32-34-56(35-33-54)76-73(92)60(30-21-22-38-75)77-72(91)55(41-52-25-16-13-17-26-52)44-57(84)29-20-15-23-39-82-66(87)36-37-67(82)88/h13-14,16-19,25-28,32-37,48-51,55,58-62,65,69-70,83H,12,15,20-24,29-31,38-47,75H2,1-11H3,(H,76,92)(H,77,91)(H,78,90)/t50-,51+,55+,58-,59+,60-,61-,62-,65+,69?,70-/m0/s1. The Hall–Kier alpha value is -7.26. The Bertz CT molecular complexity index is 2970. The van der Waals surface area contributed by atoms with Crippen LogP contribution in [0.25, 0.3) is 0 Å². The number of nitrogens with two attached hydrogens (primary N) is 1. The predicted molar refractivity (Wildman–Crippen MR) is 364 cm³/mol. The number of benzene rings is 3. The highest BCUT2D eigenvalue weighted by Gasteiger charge is 2.44. The van der Waals surface area contributed by atoms with Crippen LogP contribution >= 0.6 is 0 Å². The fraction of sp³-hybridized carbons (Fsp3) is 0.595. The van der Waals surface area contributed by atoms with Crippen LogP contribution in [0.4, 0.5) is 5.69 Å². The molecule has 11 atom stereocenters. The van der Waals surface area contributed by atoms with Gasteiger partial charge in [0.2, 0.25) is 29.5 Å². The Kier molecular flexibility index (Phi) is 32.1. The number of ketones is 3. The minimum Gasteiger partial charge on any atom is -0.396 e. The molecular weight excluding hydrogens is 1190 g/mol. The summed E-state index contributed by atoms with van der Waals surface area (Å²) in [5.41, 5.74) is 8.54. The van der Waals surface area contributed by atoms with E-state index in [2.05, 4.69) is 16.0 Å². The number of nitrogens with zero attached hydrogens (tertiary/aromatic N) is 4. The summed E-state index contributed by atoms with van der Waals surface area (Å²) >= 11 is 0. The van der Waals surface area contributed by atoms with E-state index in [9.17, 15) is 53.1 Å². The van der Waals surface area contributed by atoms with E-state index in [-0.39, 0.29) is 123 Å². The van der Waals surface area contributed by atoms with Crippen molar-refractivity contribution >= 4 is 64.4 Å². The van der Waals surface area contributed by atoms with Gasteiger partial charge in [-0.05, 0) is 125 Å². The zero-order chi connectivity index (χ0) is 69.2. The number of carbonyl (C=O) groups is 10. The van der Waals surface area contributed by atoms with E-state index in [1.165, 1.54) is 24.2 Å². The summed E-state index contributed by atoms with van der Waals surface area (Å²) in [5.74, 6) is -5.88. The van der Waals surface area contributed by atoms with E-state index in [4.69, 9.17) is 10.5 Å². The first kappa shape index (κ1) is 77.4. The normalized spacial score (nSPS) is 17.3. The number of likely N-dealkylation sites (tertiary alicyclic amines) is 1. The topological polar surface area (TPSA) is 275 Å². The fourth-order valence-corrected chi connectivity index (χ4v) is 13.5. The van der Waals surface area contributed by atoms with Gasteiger partial charge in [-0.2, -0.15) is 0 Å². The second-order valence-electron chi connectivity index (χ2n) is 26.9. The molecule has 1 unspecified atom stereocenters. The molecule has 7 amide bonds. The van der Waals surface area contributed by atoms with Crippen molar-refractivity contribution in [3.05, 3.63) is 114 Å². The highest BCUT2D eigenvalue weighted by molar-refractivity contribution is 6.12. The van der Waals surface area contributed by atoms with E-state index in [1.807, 2.05) is 121 Å². The Morgan fingerprint density at radius 3 is 1.87 bits per heavy atom. The molecule has 94 heavy (non-hydrogen) atoms. The Morgan fingerprint density at radius 2 is 1.31 bits per heavy atom. The lowest BCUT2D eigenvalue weighted by Gasteiger charge is -2.41. The first-order chi connectivity index (χ1) is 44.8. The van der Waals surface area contributed by atoms with Crippen molar-refractivity contribution < 1.29 is 57.8 Å². The van der Waals surface area contributed by atoms with Gasteiger partial charge in [-0.15, -0.1) is 0 Å². The van der Waals surface area contributed by atoms with Crippen molar-refractivity contribution in [3.8, 4) is 0 Å². The number of methoxy groups -OCH3 is 1. The molecule has 3 aromatic carbocycles. The van der Waals surface area contributed by atoms with E-state index < -0.39 is 78.3 Å². The molecule has 1 fully saturated rings. The second kappa shape index (κ2) is 38.9. The SMILES string of the molecule is CC[C@H](C)[C@@H]([C@@H](CC(=O)N1CCC[C@H]1[C@H](CO)[C@@H](C)C(=O)N[C@@H](Cc1ccccc1)C(=O)Cc1ccc(NC(=O)[C@H](CCCCN)NC(=O)[C@@H](CC(=O)CCCCCN2C(=O)C=CC2=O)Cc2ccccc2)cc1)OC)N(C)C(=O)[C@@H](CC(=O)C(C(C)C)N(C)C)C(C)C. The number of Topliss-reactive ketones (excluding diaryl/α,β-unsaturated/α-hetero) is 3. The Labute approximate surface area is 558 Å². The van der Waals surface area contributed by atoms with Crippen LogP contribution in [-0.2, 0) is 71.9 Å². The summed E-state index contributed by atoms with van der Waals surface area (Å²) in [5, 5.41) is 20.0. The Balaban J connectivity index is 1.25. The van der Waals surface area contributed by atoms with Gasteiger partial charge in [-0.25, -0.2) is 0 Å².